The Hall–Kier alpha value is -1.47. The molecule has 0 bridgehead atoms. The van der Waals surface area contributed by atoms with Crippen molar-refractivity contribution in [2.24, 2.45) is 0 Å². The summed E-state index contributed by atoms with van der Waals surface area (Å²) in [5, 5.41) is 0. The quantitative estimate of drug-likeness (QED) is 0.339. The molecule has 0 atom stereocenters. The average molecular weight is 374 g/mol. The normalized spacial score (nSPS) is 9.95. The van der Waals surface area contributed by atoms with Crippen LogP contribution in [0.15, 0.2) is 30.3 Å². The third-order valence-corrected chi connectivity index (χ3v) is 1.43. The smallest absolute Gasteiger partial charge is 0.214 e. The van der Waals surface area contributed by atoms with Crippen LogP contribution in [-0.2, 0) is 31.2 Å². The van der Waals surface area contributed by atoms with Crippen molar-refractivity contribution >= 4 is 6.29 Å². The molecule has 0 unspecified atom stereocenters. The first-order valence-corrected chi connectivity index (χ1v) is 4.35. The van der Waals surface area contributed by atoms with E-state index in [0.717, 1.165) is 0 Å². The summed E-state index contributed by atoms with van der Waals surface area (Å²) in [4.78, 5) is 9.06. The Morgan fingerprint density at radius 1 is 0.864 bits per heavy atom. The van der Waals surface area contributed by atoms with Crippen molar-refractivity contribution in [3.8, 4) is 0 Å². The van der Waals surface area contributed by atoms with Crippen LogP contribution < -0.4 is 0 Å². The third kappa shape index (κ3) is 9.46. The van der Waals surface area contributed by atoms with E-state index in [0.29, 0.717) is 0 Å². The molecular formula is C11H5F7FeO3+4. The second-order valence-electron chi connectivity index (χ2n) is 2.71. The summed E-state index contributed by atoms with van der Waals surface area (Å²) >= 11 is 0. The van der Waals surface area contributed by atoms with Crippen LogP contribution in [0.5, 0.6) is 0 Å². The monoisotopic (exact) mass is 374 g/mol. The van der Waals surface area contributed by atoms with Crippen molar-refractivity contribution in [1.29, 1.82) is 0 Å². The van der Waals surface area contributed by atoms with E-state index in [2.05, 4.69) is 13.3 Å². The first kappa shape index (κ1) is 28.7. The SMILES string of the molecule is O=[C-]C(F)(F)C(F)(F)C(F)(F)F.[C-]#[O+].[C-]#[O+].[Fe+6].c1cc[cH-]c1. The molecule has 0 heterocycles. The summed E-state index contributed by atoms with van der Waals surface area (Å²) in [7, 11) is 0. The molecule has 120 valence electrons. The predicted molar refractivity (Wildman–Crippen MR) is 51.5 cm³/mol. The van der Waals surface area contributed by atoms with Gasteiger partial charge in [-0.1, -0.05) is 0 Å². The van der Waals surface area contributed by atoms with Crippen molar-refractivity contribution in [2.45, 2.75) is 18.0 Å². The summed E-state index contributed by atoms with van der Waals surface area (Å²) in [5.41, 5.74) is 0. The molecule has 11 heteroatoms. The van der Waals surface area contributed by atoms with Crippen molar-refractivity contribution < 1.29 is 61.9 Å². The van der Waals surface area contributed by atoms with Gasteiger partial charge in [-0.25, -0.2) is 20.9 Å². The molecule has 0 saturated carbocycles. The fourth-order valence-electron chi connectivity index (χ4n) is 0.563. The van der Waals surface area contributed by atoms with Crippen molar-refractivity contribution in [3.05, 3.63) is 43.6 Å². The van der Waals surface area contributed by atoms with E-state index in [1.807, 2.05) is 30.3 Å². The molecule has 0 saturated heterocycles. The van der Waals surface area contributed by atoms with E-state index in [1.165, 1.54) is 0 Å². The van der Waals surface area contributed by atoms with E-state index in [4.69, 9.17) is 14.1 Å². The van der Waals surface area contributed by atoms with Crippen LogP contribution in [0.25, 0.3) is 0 Å². The van der Waals surface area contributed by atoms with Crippen LogP contribution in [0.1, 0.15) is 0 Å². The topological polar surface area (TPSA) is 56.9 Å². The summed E-state index contributed by atoms with van der Waals surface area (Å²) in [5.74, 6) is -12.2. The number of hydrogen-bond acceptors (Lipinski definition) is 1. The molecule has 1 aromatic rings. The van der Waals surface area contributed by atoms with Gasteiger partial charge in [0.05, 0.1) is 0 Å². The van der Waals surface area contributed by atoms with Gasteiger partial charge in [-0.05, 0) is 0 Å². The fraction of sp³-hybridized carbons (Fsp3) is 0.273. The number of rotatable bonds is 2. The first-order valence-electron chi connectivity index (χ1n) is 4.35. The molecule has 0 aromatic heterocycles. The second kappa shape index (κ2) is 13.2. The van der Waals surface area contributed by atoms with E-state index < -0.39 is 24.3 Å². The van der Waals surface area contributed by atoms with Crippen molar-refractivity contribution in [1.82, 2.24) is 0 Å². The zero-order valence-electron chi connectivity index (χ0n) is 10.1. The Bertz CT molecular complexity index is 387. The maximum atomic E-state index is 11.6. The first-order chi connectivity index (χ1) is 9.56. The number of alkyl halides is 7. The summed E-state index contributed by atoms with van der Waals surface area (Å²) in [6, 6.07) is 10.0. The van der Waals surface area contributed by atoms with Crippen LogP contribution in [0, 0.1) is 13.3 Å². The average Bonchev–Trinajstić information content (AvgIpc) is 3.01. The standard InChI is InChI=1S/C5H5.C4F7O.2CO.Fe/c1-2-4-5-3-1;5-2(6,1-12)3(7,8)4(9,10)11;2*1-2;/h1-5H;;;;/q2*-1;;;+6. The van der Waals surface area contributed by atoms with E-state index >= 15 is 0 Å². The van der Waals surface area contributed by atoms with Gasteiger partial charge >= 0.3 is 51.8 Å². The molecule has 0 fully saturated rings. The minimum atomic E-state index is -6.46. The molecule has 3 nitrogen and oxygen atoms in total. The van der Waals surface area contributed by atoms with Crippen LogP contribution in [0.2, 0.25) is 0 Å². The van der Waals surface area contributed by atoms with Crippen LogP contribution >= 0.6 is 0 Å². The molecule has 0 radical (unpaired) electrons. The Kier molecular flexibility index (Phi) is 17.2. The van der Waals surface area contributed by atoms with Crippen molar-refractivity contribution in [3.63, 3.8) is 0 Å². The minimum Gasteiger partial charge on any atom is -0.214 e. The summed E-state index contributed by atoms with van der Waals surface area (Å²) in [6.45, 7) is 9.00. The van der Waals surface area contributed by atoms with Crippen molar-refractivity contribution in [2.75, 3.05) is 0 Å². The van der Waals surface area contributed by atoms with Gasteiger partial charge in [0.2, 0.25) is 5.92 Å². The molecule has 22 heavy (non-hydrogen) atoms. The van der Waals surface area contributed by atoms with Gasteiger partial charge in [0.1, 0.15) is 0 Å². The molecule has 0 spiro atoms. The zero-order chi connectivity index (χ0) is 17.7. The maximum Gasteiger partial charge on any atom is 6.00 e. The van der Waals surface area contributed by atoms with Gasteiger partial charge in [0.15, 0.2) is 0 Å². The summed E-state index contributed by atoms with van der Waals surface area (Å²) in [6.07, 6.45) is -7.13. The molecule has 0 N–H and O–H groups in total. The maximum absolute atomic E-state index is 11.6. The van der Waals surface area contributed by atoms with Gasteiger partial charge in [0, 0.05) is 0 Å². The zero-order valence-corrected chi connectivity index (χ0v) is 11.2. The molecule has 0 aliphatic carbocycles. The number of hydrogen-bond donors (Lipinski definition) is 0. The molecule has 1 aromatic carbocycles. The van der Waals surface area contributed by atoms with Gasteiger partial charge in [-0.2, -0.15) is 46.4 Å². The van der Waals surface area contributed by atoms with Gasteiger partial charge in [-0.3, -0.25) is 0 Å². The summed E-state index contributed by atoms with van der Waals surface area (Å²) < 4.78 is 94.5. The van der Waals surface area contributed by atoms with Crippen LogP contribution in [0.3, 0.4) is 0 Å². The second-order valence-corrected chi connectivity index (χ2v) is 2.71. The third-order valence-electron chi connectivity index (χ3n) is 1.43. The molecule has 1 rings (SSSR count). The molecular weight excluding hydrogens is 369 g/mol. The Morgan fingerprint density at radius 3 is 1.27 bits per heavy atom. The molecule has 0 aliphatic rings. The Morgan fingerprint density at radius 2 is 1.18 bits per heavy atom. The minimum absolute atomic E-state index is 0. The van der Waals surface area contributed by atoms with Gasteiger partial charge in [-0.15, -0.1) is 0 Å². The Labute approximate surface area is 130 Å². The van der Waals surface area contributed by atoms with E-state index in [-0.39, 0.29) is 17.1 Å². The largest absolute Gasteiger partial charge is 6.00 e. The molecule has 0 amide bonds. The predicted octanol–water partition coefficient (Wildman–Crippen LogP) is 3.26. The number of carbonyl (C=O) groups excluding carboxylic acids is 1. The molecule has 0 aliphatic heterocycles. The van der Waals surface area contributed by atoms with Gasteiger partial charge in [0.25, 0.3) is 0 Å². The fourth-order valence-corrected chi connectivity index (χ4v) is 0.563. The van der Waals surface area contributed by atoms with Crippen LogP contribution in [0.4, 0.5) is 30.7 Å². The number of halogens is 7. The Balaban J connectivity index is -0.000000134. The van der Waals surface area contributed by atoms with Crippen LogP contribution in [-0.4, -0.2) is 24.3 Å². The van der Waals surface area contributed by atoms with E-state index in [9.17, 15) is 30.7 Å². The van der Waals surface area contributed by atoms with Gasteiger partial charge < -0.3 is 4.79 Å². The van der Waals surface area contributed by atoms with E-state index in [1.54, 1.807) is 0 Å².